The number of aryl methyl sites for hydroxylation is 2. The van der Waals surface area contributed by atoms with Crippen LogP contribution in [0.2, 0.25) is 0 Å². The molecule has 2 aliphatic rings. The highest BCUT2D eigenvalue weighted by Gasteiger charge is 2.25. The van der Waals surface area contributed by atoms with Crippen LogP contribution >= 0.6 is 11.3 Å². The minimum Gasteiger partial charge on any atom is -0.344 e. The van der Waals surface area contributed by atoms with E-state index in [4.69, 9.17) is 4.98 Å². The first-order chi connectivity index (χ1) is 8.42. The molecular formula is C13H15N3S. The first-order valence-corrected chi connectivity index (χ1v) is 7.18. The molecule has 0 saturated carbocycles. The minimum absolute atomic E-state index is 0.447. The predicted molar refractivity (Wildman–Crippen MR) is 69.3 cm³/mol. The topological polar surface area (TPSA) is 40.7 Å². The van der Waals surface area contributed by atoms with E-state index in [-0.39, 0.29) is 0 Å². The molecule has 0 amide bonds. The van der Waals surface area contributed by atoms with Gasteiger partial charge in [-0.15, -0.1) is 11.3 Å². The highest BCUT2D eigenvalue weighted by Crippen LogP contribution is 2.36. The maximum absolute atomic E-state index is 4.83. The number of aromatic nitrogens is 2. The molecule has 1 aliphatic heterocycles. The van der Waals surface area contributed by atoms with Crippen LogP contribution in [0.5, 0.6) is 0 Å². The van der Waals surface area contributed by atoms with E-state index in [0.29, 0.717) is 6.04 Å². The second-order valence-electron chi connectivity index (χ2n) is 4.86. The third-order valence-corrected chi connectivity index (χ3v) is 4.77. The molecule has 17 heavy (non-hydrogen) atoms. The molecule has 4 heteroatoms. The Morgan fingerprint density at radius 2 is 2.35 bits per heavy atom. The average Bonchev–Trinajstić information content (AvgIpc) is 3.08. The van der Waals surface area contributed by atoms with Gasteiger partial charge in [0.25, 0.3) is 0 Å². The summed E-state index contributed by atoms with van der Waals surface area (Å²) >= 11 is 1.86. The van der Waals surface area contributed by atoms with Gasteiger partial charge < -0.3 is 10.3 Å². The molecule has 0 aromatic carbocycles. The van der Waals surface area contributed by atoms with Gasteiger partial charge in [-0.25, -0.2) is 4.98 Å². The molecule has 4 rings (SSSR count). The highest BCUT2D eigenvalue weighted by molar-refractivity contribution is 7.10. The summed E-state index contributed by atoms with van der Waals surface area (Å²) in [6.45, 7) is 1.12. The lowest BCUT2D eigenvalue weighted by Gasteiger charge is -2.09. The van der Waals surface area contributed by atoms with Crippen LogP contribution in [0.25, 0.3) is 11.3 Å². The molecule has 1 fully saturated rings. The molecule has 3 nitrogen and oxygen atoms in total. The van der Waals surface area contributed by atoms with Gasteiger partial charge in [-0.3, -0.25) is 0 Å². The maximum atomic E-state index is 4.83. The van der Waals surface area contributed by atoms with Crippen LogP contribution in [0.3, 0.4) is 0 Å². The van der Waals surface area contributed by atoms with Crippen molar-refractivity contribution in [3.63, 3.8) is 0 Å². The van der Waals surface area contributed by atoms with Crippen molar-refractivity contribution in [3.05, 3.63) is 27.8 Å². The van der Waals surface area contributed by atoms with Crippen molar-refractivity contribution < 1.29 is 0 Å². The fourth-order valence-corrected chi connectivity index (χ4v) is 3.78. The van der Waals surface area contributed by atoms with Crippen LogP contribution in [-0.2, 0) is 12.8 Å². The normalized spacial score (nSPS) is 22.5. The minimum atomic E-state index is 0.447. The van der Waals surface area contributed by atoms with Gasteiger partial charge in [-0.05, 0) is 43.7 Å². The fourth-order valence-electron chi connectivity index (χ4n) is 2.90. The number of imidazole rings is 1. The number of hydrogen-bond acceptors (Lipinski definition) is 3. The predicted octanol–water partition coefficient (Wildman–Crippen LogP) is 2.66. The number of nitrogens with one attached hydrogen (secondary N) is 2. The Balaban J connectivity index is 1.79. The van der Waals surface area contributed by atoms with Crippen molar-refractivity contribution in [2.75, 3.05) is 6.54 Å². The van der Waals surface area contributed by atoms with Gasteiger partial charge >= 0.3 is 0 Å². The Hall–Kier alpha value is -1.13. The fraction of sp³-hybridized carbons (Fsp3) is 0.462. The van der Waals surface area contributed by atoms with Crippen molar-refractivity contribution in [1.82, 2.24) is 15.3 Å². The van der Waals surface area contributed by atoms with Crippen LogP contribution in [0.15, 0.2) is 11.4 Å². The van der Waals surface area contributed by atoms with E-state index in [1.165, 1.54) is 41.1 Å². The van der Waals surface area contributed by atoms with Crippen LogP contribution in [0, 0.1) is 0 Å². The summed E-state index contributed by atoms with van der Waals surface area (Å²) in [4.78, 5) is 9.87. The van der Waals surface area contributed by atoms with Crippen LogP contribution in [0.1, 0.15) is 35.3 Å². The summed E-state index contributed by atoms with van der Waals surface area (Å²) in [5.41, 5.74) is 3.90. The SMILES string of the molecule is c1cc2c(s1)CCc1[nH]c(C3CCCN3)nc1-2. The van der Waals surface area contributed by atoms with E-state index < -0.39 is 0 Å². The molecule has 2 N–H and O–H groups in total. The van der Waals surface area contributed by atoms with Crippen molar-refractivity contribution in [2.24, 2.45) is 0 Å². The van der Waals surface area contributed by atoms with Crippen molar-refractivity contribution in [2.45, 2.75) is 31.7 Å². The second-order valence-corrected chi connectivity index (χ2v) is 5.86. The monoisotopic (exact) mass is 245 g/mol. The lowest BCUT2D eigenvalue weighted by Crippen LogP contribution is -2.14. The van der Waals surface area contributed by atoms with Crippen LogP contribution < -0.4 is 5.32 Å². The number of hydrogen-bond donors (Lipinski definition) is 2. The molecule has 2 aromatic rings. The zero-order valence-electron chi connectivity index (χ0n) is 9.62. The van der Waals surface area contributed by atoms with E-state index in [1.807, 2.05) is 11.3 Å². The summed E-state index contributed by atoms with van der Waals surface area (Å²) in [6, 6.07) is 2.66. The third-order valence-electron chi connectivity index (χ3n) is 3.79. The summed E-state index contributed by atoms with van der Waals surface area (Å²) < 4.78 is 0. The largest absolute Gasteiger partial charge is 0.344 e. The van der Waals surface area contributed by atoms with Gasteiger partial charge in [0, 0.05) is 16.1 Å². The Morgan fingerprint density at radius 1 is 1.35 bits per heavy atom. The Labute approximate surface area is 104 Å². The summed E-state index contributed by atoms with van der Waals surface area (Å²) in [6.07, 6.45) is 4.75. The van der Waals surface area contributed by atoms with E-state index >= 15 is 0 Å². The number of rotatable bonds is 1. The smallest absolute Gasteiger partial charge is 0.124 e. The van der Waals surface area contributed by atoms with Gasteiger partial charge in [0.05, 0.1) is 11.7 Å². The van der Waals surface area contributed by atoms with Crippen LogP contribution in [0.4, 0.5) is 0 Å². The molecule has 3 heterocycles. The Bertz CT molecular complexity index is 549. The van der Waals surface area contributed by atoms with E-state index in [9.17, 15) is 0 Å². The van der Waals surface area contributed by atoms with Gasteiger partial charge in [-0.2, -0.15) is 0 Å². The molecule has 0 bridgehead atoms. The van der Waals surface area contributed by atoms with Gasteiger partial charge in [0.15, 0.2) is 0 Å². The quantitative estimate of drug-likeness (QED) is 0.811. The lowest BCUT2D eigenvalue weighted by atomic mass is 10.0. The lowest BCUT2D eigenvalue weighted by molar-refractivity contribution is 0.611. The molecular weight excluding hydrogens is 230 g/mol. The molecule has 1 saturated heterocycles. The Kier molecular flexibility index (Phi) is 2.13. The maximum Gasteiger partial charge on any atom is 0.124 e. The summed E-state index contributed by atoms with van der Waals surface area (Å²) in [5.74, 6) is 1.14. The number of H-pyrrole nitrogens is 1. The molecule has 2 aromatic heterocycles. The third kappa shape index (κ3) is 1.47. The average molecular weight is 245 g/mol. The van der Waals surface area contributed by atoms with Crippen LogP contribution in [-0.4, -0.2) is 16.5 Å². The number of fused-ring (bicyclic) bond motifs is 3. The molecule has 0 radical (unpaired) electrons. The van der Waals surface area contributed by atoms with Crippen molar-refractivity contribution in [3.8, 4) is 11.3 Å². The molecule has 0 spiro atoms. The zero-order valence-corrected chi connectivity index (χ0v) is 10.4. The molecule has 1 unspecified atom stereocenters. The highest BCUT2D eigenvalue weighted by atomic mass is 32.1. The Morgan fingerprint density at radius 3 is 3.24 bits per heavy atom. The van der Waals surface area contributed by atoms with E-state index in [0.717, 1.165) is 18.8 Å². The second kappa shape index (κ2) is 3.68. The number of aromatic amines is 1. The molecule has 88 valence electrons. The zero-order chi connectivity index (χ0) is 11.2. The number of nitrogens with zero attached hydrogens (tertiary/aromatic N) is 1. The molecule has 1 aliphatic carbocycles. The van der Waals surface area contributed by atoms with Crippen molar-refractivity contribution in [1.29, 1.82) is 0 Å². The van der Waals surface area contributed by atoms with Gasteiger partial charge in [0.2, 0.25) is 0 Å². The summed E-state index contributed by atoms with van der Waals surface area (Å²) in [5, 5.41) is 5.69. The van der Waals surface area contributed by atoms with E-state index in [2.05, 4.69) is 21.7 Å². The van der Waals surface area contributed by atoms with Crippen molar-refractivity contribution >= 4 is 11.3 Å². The van der Waals surface area contributed by atoms with Gasteiger partial charge in [0.1, 0.15) is 5.82 Å². The number of thiophene rings is 1. The standard InChI is InChI=1S/C13H15N3S/c1-2-10(14-6-1)13-15-9-3-4-11-8(5-7-17-11)12(9)16-13/h5,7,10,14H,1-4,6H2,(H,15,16). The summed E-state index contributed by atoms with van der Waals surface area (Å²) in [7, 11) is 0. The first-order valence-electron chi connectivity index (χ1n) is 6.31. The first kappa shape index (κ1) is 9.85. The van der Waals surface area contributed by atoms with Gasteiger partial charge in [-0.1, -0.05) is 0 Å². The molecule has 1 atom stereocenters. The van der Waals surface area contributed by atoms with E-state index in [1.54, 1.807) is 0 Å².